The quantitative estimate of drug-likeness (QED) is 0.0169. The van der Waals surface area contributed by atoms with E-state index in [1.165, 1.54) is 77.0 Å². The second kappa shape index (κ2) is 79.8. The summed E-state index contributed by atoms with van der Waals surface area (Å²) in [4.78, 5) is 73.1. The summed E-state index contributed by atoms with van der Waals surface area (Å²) in [5.41, 5.74) is 0. The SMILES string of the molecule is CC/C=C\C/C=C\C/C=C\C/C=C\C/C=C\CCCCCC(=O)O[C@H](COC(=O)CCCCCCC/C=C\C/C=C\CCCCC)COP(=O)(O)OC[C@@H](O)COP(=O)(O)OC[C@@H](COC(=O)CCCCCCC/C=C\CCCCCCCC)OC(=O)CC/C=C\C/C=C\C/C=C\C/C=C\C/C=C\CCCCC. The number of phosphoric acid groups is 2. The number of aliphatic hydroxyl groups excluding tert-OH is 1. The van der Waals surface area contributed by atoms with Crippen LogP contribution in [0.5, 0.6) is 0 Å². The van der Waals surface area contributed by atoms with Gasteiger partial charge in [0.1, 0.15) is 19.3 Å². The average Bonchev–Trinajstić information content (AvgIpc) is 0.907. The zero-order valence-corrected chi connectivity index (χ0v) is 69.3. The van der Waals surface area contributed by atoms with Gasteiger partial charge in [-0.15, -0.1) is 0 Å². The summed E-state index contributed by atoms with van der Waals surface area (Å²) >= 11 is 0. The lowest BCUT2D eigenvalue weighted by Crippen LogP contribution is -2.30. The highest BCUT2D eigenvalue weighted by atomic mass is 31.2. The first-order valence-corrected chi connectivity index (χ1v) is 44.7. The van der Waals surface area contributed by atoms with Crippen LogP contribution in [0.15, 0.2) is 158 Å². The summed E-state index contributed by atoms with van der Waals surface area (Å²) in [5, 5.41) is 10.7. The zero-order valence-electron chi connectivity index (χ0n) is 67.5. The summed E-state index contributed by atoms with van der Waals surface area (Å²) in [5.74, 6) is -2.34. The first-order chi connectivity index (χ1) is 52.7. The van der Waals surface area contributed by atoms with Gasteiger partial charge in [0.25, 0.3) is 0 Å². The van der Waals surface area contributed by atoms with Crippen LogP contribution in [0.1, 0.15) is 323 Å². The van der Waals surface area contributed by atoms with E-state index >= 15 is 0 Å². The number of hydrogen-bond acceptors (Lipinski definition) is 15. The van der Waals surface area contributed by atoms with Gasteiger partial charge < -0.3 is 33.8 Å². The van der Waals surface area contributed by atoms with E-state index in [0.717, 1.165) is 161 Å². The Morgan fingerprint density at radius 1 is 0.269 bits per heavy atom. The van der Waals surface area contributed by atoms with Crippen molar-refractivity contribution in [2.24, 2.45) is 0 Å². The highest BCUT2D eigenvalue weighted by Gasteiger charge is 2.30. The standard InChI is InChI=1S/C89H148O17P2/c1-5-9-13-17-21-25-29-33-37-39-41-43-47-51-55-59-63-67-71-75-88(93)105-84(79-99-86(91)73-69-65-61-57-53-49-45-35-31-27-23-19-15-11-7-3)81-103-107(95,96)101-77-83(90)78-102-108(97,98)104-82-85(80-100-87(92)74-70-66-62-58-54-50-46-36-32-28-24-20-16-12-8-4)106-89(94)76-72-68-64-60-56-52-48-44-42-40-38-34-30-26-22-18-14-10-6-2/h9,13,21-23,25-27,33-38,41-46,51-52,55-56,64,68,83-85,90H,5-8,10-12,14-20,24,28-32,39-40,47-50,53-54,57-63,65-67,69-82H2,1-4H3,(H,95,96)(H,97,98)/b13-9-,25-21-,26-22-,27-23-,37-33-,38-34-,43-41-,44-42-,45-35-,46-36-,55-51-,56-52-,68-64-/t83-,84-,85-/m1/s1. The minimum absolute atomic E-state index is 0.0350. The van der Waals surface area contributed by atoms with Gasteiger partial charge >= 0.3 is 39.5 Å². The normalized spacial score (nSPS) is 14.6. The molecule has 0 rings (SSSR count). The van der Waals surface area contributed by atoms with Crippen LogP contribution < -0.4 is 0 Å². The van der Waals surface area contributed by atoms with Gasteiger partial charge in [0.05, 0.1) is 26.4 Å². The number of aliphatic hydroxyl groups is 1. The maximum Gasteiger partial charge on any atom is 0.472 e. The van der Waals surface area contributed by atoms with Gasteiger partial charge in [-0.3, -0.25) is 37.3 Å². The number of ether oxygens (including phenoxy) is 4. The highest BCUT2D eigenvalue weighted by Crippen LogP contribution is 2.45. The largest absolute Gasteiger partial charge is 0.472 e. The molecule has 0 aromatic carbocycles. The summed E-state index contributed by atoms with van der Waals surface area (Å²) in [7, 11) is -10.0. The molecule has 0 radical (unpaired) electrons. The van der Waals surface area contributed by atoms with Crippen molar-refractivity contribution in [3.63, 3.8) is 0 Å². The number of rotatable bonds is 77. The predicted octanol–water partition coefficient (Wildman–Crippen LogP) is 24.8. The third kappa shape index (κ3) is 78.8. The third-order valence-corrected chi connectivity index (χ3v) is 18.9. The van der Waals surface area contributed by atoms with Crippen molar-refractivity contribution >= 4 is 39.5 Å². The number of phosphoric ester groups is 2. The number of carbonyl (C=O) groups is 4. The Labute approximate surface area is 655 Å². The van der Waals surface area contributed by atoms with Crippen molar-refractivity contribution in [3.05, 3.63) is 158 Å². The van der Waals surface area contributed by atoms with Crippen molar-refractivity contribution in [3.8, 4) is 0 Å². The van der Waals surface area contributed by atoms with Crippen LogP contribution in [0.4, 0.5) is 0 Å². The molecule has 0 fully saturated rings. The van der Waals surface area contributed by atoms with Crippen LogP contribution >= 0.6 is 15.6 Å². The number of carbonyl (C=O) groups excluding carboxylic acids is 4. The molecule has 19 heteroatoms. The summed E-state index contributed by atoms with van der Waals surface area (Å²) < 4.78 is 68.6. The lowest BCUT2D eigenvalue weighted by molar-refractivity contribution is -0.161. The maximum atomic E-state index is 13.1. The molecule has 616 valence electrons. The van der Waals surface area contributed by atoms with Crippen molar-refractivity contribution in [2.75, 3.05) is 39.6 Å². The number of unbranched alkanes of at least 4 members (excludes halogenated alkanes) is 25. The molecule has 0 saturated carbocycles. The Bertz CT molecular complexity index is 2660. The topological polar surface area (TPSA) is 237 Å². The third-order valence-electron chi connectivity index (χ3n) is 17.0. The molecule has 0 spiro atoms. The van der Waals surface area contributed by atoms with Crippen LogP contribution in [0.25, 0.3) is 0 Å². The van der Waals surface area contributed by atoms with E-state index in [4.69, 9.17) is 37.0 Å². The average molecular weight is 1550 g/mol. The van der Waals surface area contributed by atoms with E-state index in [0.29, 0.717) is 32.1 Å². The fourth-order valence-electron chi connectivity index (χ4n) is 10.6. The van der Waals surface area contributed by atoms with Gasteiger partial charge in [0, 0.05) is 25.7 Å². The molecule has 0 bridgehead atoms. The van der Waals surface area contributed by atoms with Crippen LogP contribution in [0, 0.1) is 0 Å². The predicted molar refractivity (Wildman–Crippen MR) is 445 cm³/mol. The van der Waals surface area contributed by atoms with E-state index in [2.05, 4.69) is 167 Å². The molecule has 0 amide bonds. The van der Waals surface area contributed by atoms with Crippen LogP contribution in [-0.2, 0) is 65.4 Å². The molecule has 0 heterocycles. The molecule has 108 heavy (non-hydrogen) atoms. The van der Waals surface area contributed by atoms with Gasteiger partial charge in [-0.2, -0.15) is 0 Å². The monoisotopic (exact) mass is 1550 g/mol. The summed E-state index contributed by atoms with van der Waals surface area (Å²) in [6.07, 6.45) is 93.7. The fourth-order valence-corrected chi connectivity index (χ4v) is 12.2. The van der Waals surface area contributed by atoms with Crippen molar-refractivity contribution in [1.82, 2.24) is 0 Å². The van der Waals surface area contributed by atoms with Gasteiger partial charge in [0.15, 0.2) is 12.2 Å². The van der Waals surface area contributed by atoms with E-state index in [1.807, 2.05) is 18.2 Å². The van der Waals surface area contributed by atoms with Crippen molar-refractivity contribution in [2.45, 2.75) is 341 Å². The Kier molecular flexibility index (Phi) is 75.8. The molecule has 3 N–H and O–H groups in total. The Balaban J connectivity index is 5.51. The van der Waals surface area contributed by atoms with E-state index in [9.17, 15) is 43.2 Å². The zero-order chi connectivity index (χ0) is 78.9. The smallest absolute Gasteiger partial charge is 0.462 e. The maximum absolute atomic E-state index is 13.1. The first kappa shape index (κ1) is 103. The Morgan fingerprint density at radius 2 is 0.500 bits per heavy atom. The van der Waals surface area contributed by atoms with Gasteiger partial charge in [-0.25, -0.2) is 9.13 Å². The minimum Gasteiger partial charge on any atom is -0.462 e. The fraction of sp³-hybridized carbons (Fsp3) is 0.663. The van der Waals surface area contributed by atoms with Gasteiger partial charge in [0.2, 0.25) is 0 Å². The molecular formula is C89H148O17P2. The number of hydrogen-bond donors (Lipinski definition) is 3. The highest BCUT2D eigenvalue weighted by molar-refractivity contribution is 7.47. The minimum atomic E-state index is -5.01. The van der Waals surface area contributed by atoms with Gasteiger partial charge in [-0.05, 0) is 167 Å². The van der Waals surface area contributed by atoms with Gasteiger partial charge in [-0.1, -0.05) is 288 Å². The van der Waals surface area contributed by atoms with E-state index in [1.54, 1.807) is 0 Å². The second-order valence-electron chi connectivity index (χ2n) is 27.3. The van der Waals surface area contributed by atoms with E-state index in [-0.39, 0.29) is 25.7 Å². The Morgan fingerprint density at radius 3 is 0.833 bits per heavy atom. The summed E-state index contributed by atoms with van der Waals surface area (Å²) in [6, 6.07) is 0. The lowest BCUT2D eigenvalue weighted by atomic mass is 10.1. The van der Waals surface area contributed by atoms with Crippen LogP contribution in [0.3, 0.4) is 0 Å². The van der Waals surface area contributed by atoms with Crippen LogP contribution in [0.2, 0.25) is 0 Å². The van der Waals surface area contributed by atoms with Crippen molar-refractivity contribution < 1.29 is 80.2 Å². The second-order valence-corrected chi connectivity index (χ2v) is 30.2. The molecule has 0 aliphatic rings. The van der Waals surface area contributed by atoms with Crippen molar-refractivity contribution in [1.29, 1.82) is 0 Å². The Hall–Kier alpha value is -5.32. The van der Waals surface area contributed by atoms with Crippen LogP contribution in [-0.4, -0.2) is 96.7 Å². The lowest BCUT2D eigenvalue weighted by Gasteiger charge is -2.21. The molecular weight excluding hydrogens is 1400 g/mol. The number of allylic oxidation sites excluding steroid dienone is 26. The molecule has 0 aromatic rings. The number of esters is 4. The molecule has 0 aliphatic heterocycles. The summed E-state index contributed by atoms with van der Waals surface area (Å²) in [6.45, 7) is 4.56. The molecule has 0 aliphatic carbocycles. The molecule has 0 aromatic heterocycles. The van der Waals surface area contributed by atoms with E-state index < -0.39 is 97.5 Å². The molecule has 17 nitrogen and oxygen atoms in total. The molecule has 0 saturated heterocycles. The first-order valence-electron chi connectivity index (χ1n) is 41.7. The molecule has 5 atom stereocenters. The molecule has 2 unspecified atom stereocenters.